The van der Waals surface area contributed by atoms with Crippen LogP contribution in [0.4, 0.5) is 17.2 Å². The molecule has 6 nitrogen and oxygen atoms in total. The second-order valence-electron chi connectivity index (χ2n) is 6.75. The normalized spacial score (nSPS) is 10.4. The summed E-state index contributed by atoms with van der Waals surface area (Å²) in [5, 5.41) is 6.13. The van der Waals surface area contributed by atoms with Crippen molar-refractivity contribution in [2.75, 3.05) is 28.6 Å². The van der Waals surface area contributed by atoms with Crippen molar-refractivity contribution < 1.29 is 4.79 Å². The van der Waals surface area contributed by atoms with Crippen molar-refractivity contribution in [3.63, 3.8) is 0 Å². The monoisotopic (exact) mass is 389 g/mol. The molecule has 150 valence electrons. The molecule has 0 unspecified atom stereocenters. The third-order valence-electron chi connectivity index (χ3n) is 4.79. The van der Waals surface area contributed by atoms with E-state index in [0.717, 1.165) is 35.6 Å². The number of hydrogen-bond acceptors (Lipinski definition) is 5. The number of carbonyl (C=O) groups is 1. The molecule has 3 rings (SSSR count). The summed E-state index contributed by atoms with van der Waals surface area (Å²) in [6, 6.07) is 16.1. The van der Waals surface area contributed by atoms with Crippen LogP contribution in [0.25, 0.3) is 0 Å². The van der Waals surface area contributed by atoms with E-state index in [9.17, 15) is 4.79 Å². The van der Waals surface area contributed by atoms with E-state index in [1.807, 2.05) is 49.4 Å². The Hall–Kier alpha value is -3.41. The Kier molecular flexibility index (Phi) is 6.79. The summed E-state index contributed by atoms with van der Waals surface area (Å²) in [7, 11) is 0. The standard InChI is InChI=1S/C23H27N5O/c1-4-28(5-2)19-11-12-20(17(3)13-19)27-23(29)21-15-26-22(16-24-21)25-14-18-9-7-6-8-10-18/h6-13,15-16H,4-5,14H2,1-3H3,(H,25,26)(H,27,29). The first-order valence-electron chi connectivity index (χ1n) is 9.87. The van der Waals surface area contributed by atoms with Crippen molar-refractivity contribution in [1.29, 1.82) is 0 Å². The molecule has 2 N–H and O–H groups in total. The molecule has 29 heavy (non-hydrogen) atoms. The van der Waals surface area contributed by atoms with E-state index in [0.29, 0.717) is 12.4 Å². The lowest BCUT2D eigenvalue weighted by Crippen LogP contribution is -2.22. The number of nitrogens with one attached hydrogen (secondary N) is 2. The highest BCUT2D eigenvalue weighted by molar-refractivity contribution is 6.03. The largest absolute Gasteiger partial charge is 0.372 e. The molecule has 0 fully saturated rings. The maximum atomic E-state index is 12.5. The minimum Gasteiger partial charge on any atom is -0.372 e. The molecule has 0 saturated carbocycles. The first-order valence-corrected chi connectivity index (χ1v) is 9.87. The molecule has 1 aromatic heterocycles. The minimum atomic E-state index is -0.272. The van der Waals surface area contributed by atoms with Gasteiger partial charge in [0.05, 0.1) is 12.4 Å². The summed E-state index contributed by atoms with van der Waals surface area (Å²) in [5.41, 5.74) is 4.37. The third-order valence-corrected chi connectivity index (χ3v) is 4.79. The smallest absolute Gasteiger partial charge is 0.275 e. The number of amides is 1. The zero-order valence-electron chi connectivity index (χ0n) is 17.1. The first-order chi connectivity index (χ1) is 14.1. The quantitative estimate of drug-likeness (QED) is 0.594. The van der Waals surface area contributed by atoms with Crippen LogP contribution in [0, 0.1) is 6.92 Å². The lowest BCUT2D eigenvalue weighted by Gasteiger charge is -2.22. The Morgan fingerprint density at radius 2 is 1.76 bits per heavy atom. The molecule has 0 aliphatic rings. The highest BCUT2D eigenvalue weighted by Gasteiger charge is 2.11. The van der Waals surface area contributed by atoms with E-state index in [4.69, 9.17) is 0 Å². The number of aromatic nitrogens is 2. The van der Waals surface area contributed by atoms with Gasteiger partial charge in [-0.3, -0.25) is 4.79 Å². The van der Waals surface area contributed by atoms with E-state index in [1.54, 1.807) is 6.20 Å². The Balaban J connectivity index is 1.62. The third kappa shape index (κ3) is 5.31. The number of hydrogen-bond donors (Lipinski definition) is 2. The number of aryl methyl sites for hydroxylation is 1. The Morgan fingerprint density at radius 3 is 2.38 bits per heavy atom. The van der Waals surface area contributed by atoms with Gasteiger partial charge < -0.3 is 15.5 Å². The van der Waals surface area contributed by atoms with Crippen LogP contribution in [0.2, 0.25) is 0 Å². The second kappa shape index (κ2) is 9.68. The molecule has 2 aromatic carbocycles. The Bertz CT molecular complexity index is 937. The summed E-state index contributed by atoms with van der Waals surface area (Å²) in [5.74, 6) is 0.357. The van der Waals surface area contributed by atoms with Gasteiger partial charge in [-0.2, -0.15) is 0 Å². The summed E-state index contributed by atoms with van der Waals surface area (Å²) in [6.45, 7) is 8.80. The van der Waals surface area contributed by atoms with E-state index in [2.05, 4.69) is 45.4 Å². The second-order valence-corrected chi connectivity index (χ2v) is 6.75. The fourth-order valence-electron chi connectivity index (χ4n) is 3.08. The van der Waals surface area contributed by atoms with Crippen molar-refractivity contribution in [2.24, 2.45) is 0 Å². The molecule has 0 aliphatic heterocycles. The number of anilines is 3. The van der Waals surface area contributed by atoms with E-state index < -0.39 is 0 Å². The average Bonchev–Trinajstić information content (AvgIpc) is 2.76. The molecular formula is C23H27N5O. The fourth-order valence-corrected chi connectivity index (χ4v) is 3.08. The van der Waals surface area contributed by atoms with Gasteiger partial charge in [-0.25, -0.2) is 9.97 Å². The molecule has 0 spiro atoms. The van der Waals surface area contributed by atoms with Gasteiger partial charge in [-0.1, -0.05) is 30.3 Å². The molecule has 0 aliphatic carbocycles. The lowest BCUT2D eigenvalue weighted by molar-refractivity contribution is 0.102. The maximum Gasteiger partial charge on any atom is 0.275 e. The van der Waals surface area contributed by atoms with E-state index >= 15 is 0 Å². The summed E-state index contributed by atoms with van der Waals surface area (Å²) >= 11 is 0. The molecule has 0 bridgehead atoms. The predicted molar refractivity (Wildman–Crippen MR) is 118 cm³/mol. The van der Waals surface area contributed by atoms with Gasteiger partial charge in [0, 0.05) is 31.0 Å². The van der Waals surface area contributed by atoms with Crippen molar-refractivity contribution >= 4 is 23.1 Å². The van der Waals surface area contributed by atoms with Crippen LogP contribution in [0.1, 0.15) is 35.5 Å². The van der Waals surface area contributed by atoms with Crippen molar-refractivity contribution in [1.82, 2.24) is 9.97 Å². The fraction of sp³-hybridized carbons (Fsp3) is 0.261. The van der Waals surface area contributed by atoms with Gasteiger partial charge in [0.25, 0.3) is 5.91 Å². The lowest BCUT2D eigenvalue weighted by atomic mass is 10.1. The van der Waals surface area contributed by atoms with Crippen LogP contribution in [-0.4, -0.2) is 29.0 Å². The average molecular weight is 390 g/mol. The molecule has 1 heterocycles. The molecule has 1 amide bonds. The van der Waals surface area contributed by atoms with E-state index in [1.165, 1.54) is 6.20 Å². The van der Waals surface area contributed by atoms with Crippen molar-refractivity contribution in [3.8, 4) is 0 Å². The summed E-state index contributed by atoms with van der Waals surface area (Å²) < 4.78 is 0. The number of carbonyl (C=O) groups excluding carboxylic acids is 1. The molecular weight excluding hydrogens is 362 g/mol. The van der Waals surface area contributed by atoms with E-state index in [-0.39, 0.29) is 11.6 Å². The van der Waals surface area contributed by atoms with Gasteiger partial charge in [-0.15, -0.1) is 0 Å². The summed E-state index contributed by atoms with van der Waals surface area (Å²) in [4.78, 5) is 23.4. The Morgan fingerprint density at radius 1 is 1.00 bits per heavy atom. The summed E-state index contributed by atoms with van der Waals surface area (Å²) in [6.07, 6.45) is 3.07. The van der Waals surface area contributed by atoms with Crippen LogP contribution >= 0.6 is 0 Å². The van der Waals surface area contributed by atoms with Gasteiger partial charge in [0.1, 0.15) is 11.5 Å². The number of rotatable bonds is 8. The SMILES string of the molecule is CCN(CC)c1ccc(NC(=O)c2cnc(NCc3ccccc3)cn2)c(C)c1. The van der Waals surface area contributed by atoms with Crippen molar-refractivity contribution in [3.05, 3.63) is 77.7 Å². The van der Waals surface area contributed by atoms with Gasteiger partial charge >= 0.3 is 0 Å². The predicted octanol–water partition coefficient (Wildman–Crippen LogP) is 4.50. The topological polar surface area (TPSA) is 70.2 Å². The minimum absolute atomic E-state index is 0.272. The zero-order valence-corrected chi connectivity index (χ0v) is 17.1. The van der Waals surface area contributed by atoms with Crippen LogP contribution in [0.3, 0.4) is 0 Å². The zero-order chi connectivity index (χ0) is 20.6. The Labute approximate surface area is 172 Å². The van der Waals surface area contributed by atoms with Crippen LogP contribution in [0.5, 0.6) is 0 Å². The van der Waals surface area contributed by atoms with Gasteiger partial charge in [-0.05, 0) is 50.1 Å². The molecule has 3 aromatic rings. The van der Waals surface area contributed by atoms with Crippen molar-refractivity contribution in [2.45, 2.75) is 27.3 Å². The molecule has 0 saturated heterocycles. The highest BCUT2D eigenvalue weighted by atomic mass is 16.1. The molecule has 0 atom stereocenters. The van der Waals surface area contributed by atoms with Gasteiger partial charge in [0.15, 0.2) is 0 Å². The number of benzene rings is 2. The number of nitrogens with zero attached hydrogens (tertiary/aromatic N) is 3. The molecule has 0 radical (unpaired) electrons. The highest BCUT2D eigenvalue weighted by Crippen LogP contribution is 2.23. The first kappa shape index (κ1) is 20.3. The maximum absolute atomic E-state index is 12.5. The van der Waals surface area contributed by atoms with Gasteiger partial charge in [0.2, 0.25) is 0 Å². The van der Waals surface area contributed by atoms with Crippen LogP contribution in [-0.2, 0) is 6.54 Å². The van der Waals surface area contributed by atoms with Crippen LogP contribution in [0.15, 0.2) is 60.9 Å². The van der Waals surface area contributed by atoms with Crippen LogP contribution < -0.4 is 15.5 Å². The molecule has 6 heteroatoms.